The van der Waals surface area contributed by atoms with Crippen LogP contribution in [0.5, 0.6) is 0 Å². The number of nitrogens with zero attached hydrogens (tertiary/aromatic N) is 3. The highest BCUT2D eigenvalue weighted by Gasteiger charge is 2.46. The van der Waals surface area contributed by atoms with Crippen LogP contribution in [0, 0.1) is 11.3 Å². The molecule has 100 valence electrons. The molecule has 0 radical (unpaired) electrons. The van der Waals surface area contributed by atoms with Crippen LogP contribution >= 0.6 is 0 Å². The molecule has 0 aliphatic carbocycles. The lowest BCUT2D eigenvalue weighted by Gasteiger charge is -2.48. The Morgan fingerprint density at radius 2 is 2.33 bits per heavy atom. The molecule has 1 amide bonds. The zero-order valence-electron chi connectivity index (χ0n) is 10.6. The van der Waals surface area contributed by atoms with Gasteiger partial charge in [-0.05, 0) is 6.54 Å². The largest absolute Gasteiger partial charge is 0.385 e. The number of likely N-dealkylation sites (N-methyl/N-ethyl adjacent to an activating group) is 1. The lowest BCUT2D eigenvalue weighted by molar-refractivity contribution is -0.165. The van der Waals surface area contributed by atoms with Crippen LogP contribution in [0.25, 0.3) is 0 Å². The number of carbonyl (C=O) groups excluding carboxylic acids is 1. The van der Waals surface area contributed by atoms with Crippen molar-refractivity contribution in [3.8, 4) is 6.07 Å². The van der Waals surface area contributed by atoms with Crippen molar-refractivity contribution in [2.45, 2.75) is 25.0 Å². The Morgan fingerprint density at radius 3 is 2.94 bits per heavy atom. The van der Waals surface area contributed by atoms with Gasteiger partial charge in [0.05, 0.1) is 38.8 Å². The zero-order valence-corrected chi connectivity index (χ0v) is 10.6. The van der Waals surface area contributed by atoms with Crippen molar-refractivity contribution >= 4 is 5.91 Å². The predicted octanol–water partition coefficient (Wildman–Crippen LogP) is -0.806. The number of ether oxygens (including phenoxy) is 1. The molecule has 2 aliphatic rings. The number of nitriles is 1. The predicted molar refractivity (Wildman–Crippen MR) is 63.6 cm³/mol. The summed E-state index contributed by atoms with van der Waals surface area (Å²) in [6, 6.07) is 1.71. The monoisotopic (exact) mass is 253 g/mol. The summed E-state index contributed by atoms with van der Waals surface area (Å²) < 4.78 is 5.35. The number of amides is 1. The van der Waals surface area contributed by atoms with Crippen molar-refractivity contribution in [1.29, 1.82) is 5.26 Å². The van der Waals surface area contributed by atoms with Gasteiger partial charge in [0.15, 0.2) is 0 Å². The van der Waals surface area contributed by atoms with E-state index in [1.807, 2.05) is 13.0 Å². The van der Waals surface area contributed by atoms with Crippen LogP contribution in [0.15, 0.2) is 0 Å². The van der Waals surface area contributed by atoms with Gasteiger partial charge in [-0.3, -0.25) is 9.69 Å². The number of likely N-dealkylation sites (tertiary alicyclic amines) is 1. The Kier molecular flexibility index (Phi) is 3.85. The van der Waals surface area contributed by atoms with Crippen LogP contribution in [0.4, 0.5) is 0 Å². The van der Waals surface area contributed by atoms with Crippen molar-refractivity contribution in [2.24, 2.45) is 0 Å². The van der Waals surface area contributed by atoms with Crippen LogP contribution in [0.2, 0.25) is 0 Å². The molecule has 0 aromatic rings. The van der Waals surface area contributed by atoms with E-state index in [2.05, 4.69) is 4.90 Å². The van der Waals surface area contributed by atoms with Gasteiger partial charge in [0.25, 0.3) is 0 Å². The van der Waals surface area contributed by atoms with Gasteiger partial charge in [-0.25, -0.2) is 0 Å². The minimum atomic E-state index is -1.00. The molecule has 18 heavy (non-hydrogen) atoms. The molecule has 2 fully saturated rings. The molecule has 2 aliphatic heterocycles. The number of hydrogen-bond donors (Lipinski definition) is 1. The fourth-order valence-corrected chi connectivity index (χ4v) is 2.53. The molecule has 0 saturated carbocycles. The number of β-amino-alcohol motifs (C(OH)–C–C–N with tert-alkyl or cyclic N) is 1. The quantitative estimate of drug-likeness (QED) is 0.712. The lowest BCUT2D eigenvalue weighted by Crippen LogP contribution is -2.67. The van der Waals surface area contributed by atoms with E-state index in [-0.39, 0.29) is 31.5 Å². The van der Waals surface area contributed by atoms with E-state index >= 15 is 0 Å². The van der Waals surface area contributed by atoms with Gasteiger partial charge in [0.1, 0.15) is 11.6 Å². The van der Waals surface area contributed by atoms with Crippen molar-refractivity contribution in [1.82, 2.24) is 9.80 Å². The van der Waals surface area contributed by atoms with E-state index in [1.165, 1.54) is 0 Å². The van der Waals surface area contributed by atoms with Crippen LogP contribution in [0.1, 0.15) is 13.3 Å². The average molecular weight is 253 g/mol. The maximum absolute atomic E-state index is 12.3. The Morgan fingerprint density at radius 1 is 1.61 bits per heavy atom. The summed E-state index contributed by atoms with van der Waals surface area (Å²) in [5.41, 5.74) is -1.00. The van der Waals surface area contributed by atoms with Crippen molar-refractivity contribution < 1.29 is 14.6 Å². The van der Waals surface area contributed by atoms with Crippen LogP contribution < -0.4 is 0 Å². The second kappa shape index (κ2) is 5.22. The normalized spacial score (nSPS) is 27.4. The van der Waals surface area contributed by atoms with Gasteiger partial charge in [0, 0.05) is 6.54 Å². The van der Waals surface area contributed by atoms with E-state index in [1.54, 1.807) is 4.90 Å². The molecule has 0 spiro atoms. The van der Waals surface area contributed by atoms with Gasteiger partial charge >= 0.3 is 0 Å². The highest BCUT2D eigenvalue weighted by Crippen LogP contribution is 2.25. The minimum Gasteiger partial charge on any atom is -0.385 e. The van der Waals surface area contributed by atoms with E-state index < -0.39 is 5.60 Å². The number of carbonyl (C=O) groups is 1. The van der Waals surface area contributed by atoms with Crippen LogP contribution in [-0.2, 0) is 9.53 Å². The van der Waals surface area contributed by atoms with Crippen molar-refractivity contribution in [2.75, 3.05) is 39.4 Å². The molecular formula is C12H19N3O3. The first kappa shape index (κ1) is 13.3. The maximum atomic E-state index is 12.3. The van der Waals surface area contributed by atoms with Gasteiger partial charge in [-0.1, -0.05) is 6.92 Å². The summed E-state index contributed by atoms with van der Waals surface area (Å²) in [7, 11) is 0. The molecular weight excluding hydrogens is 234 g/mol. The standard InChI is InChI=1S/C12H19N3O3/c1-2-14-5-6-18-7-10(14)11(16)15-8-12(17,9-15)3-4-13/h10,17H,2-3,5-9H2,1H3. The first-order chi connectivity index (χ1) is 8.59. The molecule has 1 N–H and O–H groups in total. The zero-order chi connectivity index (χ0) is 13.2. The smallest absolute Gasteiger partial charge is 0.242 e. The Balaban J connectivity index is 1.91. The van der Waals surface area contributed by atoms with Gasteiger partial charge in [-0.2, -0.15) is 5.26 Å². The third kappa shape index (κ3) is 2.48. The molecule has 2 saturated heterocycles. The van der Waals surface area contributed by atoms with Crippen LogP contribution in [0.3, 0.4) is 0 Å². The van der Waals surface area contributed by atoms with Crippen molar-refractivity contribution in [3.63, 3.8) is 0 Å². The van der Waals surface area contributed by atoms with E-state index in [0.29, 0.717) is 13.2 Å². The molecule has 0 bridgehead atoms. The topological polar surface area (TPSA) is 76.8 Å². The fourth-order valence-electron chi connectivity index (χ4n) is 2.53. The fraction of sp³-hybridized carbons (Fsp3) is 0.833. The first-order valence-corrected chi connectivity index (χ1v) is 6.29. The molecule has 6 heteroatoms. The van der Waals surface area contributed by atoms with Crippen LogP contribution in [-0.4, -0.2) is 71.8 Å². The molecule has 1 unspecified atom stereocenters. The molecule has 2 rings (SSSR count). The molecule has 6 nitrogen and oxygen atoms in total. The highest BCUT2D eigenvalue weighted by atomic mass is 16.5. The van der Waals surface area contributed by atoms with Gasteiger partial charge < -0.3 is 14.7 Å². The third-order valence-electron chi connectivity index (χ3n) is 3.62. The maximum Gasteiger partial charge on any atom is 0.242 e. The van der Waals surface area contributed by atoms with E-state index in [0.717, 1.165) is 13.1 Å². The van der Waals surface area contributed by atoms with E-state index in [4.69, 9.17) is 10.00 Å². The minimum absolute atomic E-state index is 0.000773. The second-order valence-electron chi connectivity index (χ2n) is 4.97. The summed E-state index contributed by atoms with van der Waals surface area (Å²) in [6.07, 6.45) is 0.0788. The number of morpholine rings is 1. The Hall–Kier alpha value is -1.16. The Bertz CT molecular complexity index is 360. The average Bonchev–Trinajstić information content (AvgIpc) is 2.35. The van der Waals surface area contributed by atoms with E-state index in [9.17, 15) is 9.90 Å². The lowest BCUT2D eigenvalue weighted by atomic mass is 9.90. The molecule has 2 heterocycles. The molecule has 1 atom stereocenters. The number of hydrogen-bond acceptors (Lipinski definition) is 5. The molecule has 0 aromatic heterocycles. The Labute approximate surface area is 107 Å². The molecule has 0 aromatic carbocycles. The summed E-state index contributed by atoms with van der Waals surface area (Å²) >= 11 is 0. The number of rotatable bonds is 3. The third-order valence-corrected chi connectivity index (χ3v) is 3.62. The highest BCUT2D eigenvalue weighted by molar-refractivity contribution is 5.83. The summed E-state index contributed by atoms with van der Waals surface area (Å²) in [4.78, 5) is 16.0. The SMILES string of the molecule is CCN1CCOCC1C(=O)N1CC(O)(CC#N)C1. The van der Waals surface area contributed by atoms with Gasteiger partial charge in [-0.15, -0.1) is 0 Å². The first-order valence-electron chi connectivity index (χ1n) is 6.29. The number of aliphatic hydroxyl groups is 1. The second-order valence-corrected chi connectivity index (χ2v) is 4.97. The summed E-state index contributed by atoms with van der Waals surface area (Å²) in [5, 5.41) is 18.5. The van der Waals surface area contributed by atoms with Gasteiger partial charge in [0.2, 0.25) is 5.91 Å². The summed E-state index contributed by atoms with van der Waals surface area (Å²) in [6.45, 7) is 5.20. The van der Waals surface area contributed by atoms with Crippen molar-refractivity contribution in [3.05, 3.63) is 0 Å². The summed E-state index contributed by atoms with van der Waals surface area (Å²) in [5.74, 6) is -0.000773.